The minimum atomic E-state index is -0.825. The Hall–Kier alpha value is -3.26. The van der Waals surface area contributed by atoms with Crippen LogP contribution in [0.15, 0.2) is 47.0 Å². The second-order valence-electron chi connectivity index (χ2n) is 5.32. The lowest BCUT2D eigenvalue weighted by atomic mass is 10.1. The second kappa shape index (κ2) is 7.32. The van der Waals surface area contributed by atoms with Crippen LogP contribution in [0, 0.1) is 17.0 Å². The summed E-state index contributed by atoms with van der Waals surface area (Å²) in [7, 11) is 0. The maximum Gasteiger partial charge on any atom is 0.340 e. The maximum absolute atomic E-state index is 12.1. The number of non-ortho nitro benzene ring substituents is 1. The van der Waals surface area contributed by atoms with Gasteiger partial charge in [-0.3, -0.25) is 10.1 Å². The Morgan fingerprint density at radius 1 is 1.31 bits per heavy atom. The molecule has 8 nitrogen and oxygen atoms in total. The predicted octanol–water partition coefficient (Wildman–Crippen LogP) is 3.96. The molecule has 0 aliphatic heterocycles. The van der Waals surface area contributed by atoms with Crippen molar-refractivity contribution in [2.75, 3.05) is 0 Å². The summed E-state index contributed by atoms with van der Waals surface area (Å²) < 4.78 is 10.1. The number of hydrogen-bond donors (Lipinski definition) is 0. The van der Waals surface area contributed by atoms with Crippen LogP contribution in [0.1, 0.15) is 21.8 Å². The van der Waals surface area contributed by atoms with E-state index in [1.165, 1.54) is 12.1 Å². The molecule has 9 heteroatoms. The maximum atomic E-state index is 12.1. The third kappa shape index (κ3) is 3.70. The van der Waals surface area contributed by atoms with Crippen molar-refractivity contribution in [3.05, 3.63) is 74.6 Å². The van der Waals surface area contributed by atoms with Gasteiger partial charge >= 0.3 is 5.97 Å². The molecule has 2 aromatic carbocycles. The first-order valence-electron chi connectivity index (χ1n) is 7.45. The molecule has 0 unspecified atom stereocenters. The molecule has 0 saturated heterocycles. The lowest BCUT2D eigenvalue weighted by Gasteiger charge is -2.04. The van der Waals surface area contributed by atoms with Gasteiger partial charge < -0.3 is 9.26 Å². The van der Waals surface area contributed by atoms with E-state index in [2.05, 4.69) is 10.1 Å². The molecule has 0 atom stereocenters. The van der Waals surface area contributed by atoms with Crippen molar-refractivity contribution >= 4 is 23.3 Å². The minimum Gasteiger partial charge on any atom is -0.452 e. The minimum absolute atomic E-state index is 0.0479. The lowest BCUT2D eigenvalue weighted by molar-refractivity contribution is -0.384. The SMILES string of the molecule is Cc1ccccc1-c1noc(COC(=O)c2cc([N+](=O)[O-])ccc2Cl)n1. The summed E-state index contributed by atoms with van der Waals surface area (Å²) in [5.74, 6) is -0.352. The van der Waals surface area contributed by atoms with Crippen LogP contribution in [0.2, 0.25) is 5.02 Å². The Balaban J connectivity index is 1.72. The number of esters is 1. The van der Waals surface area contributed by atoms with Gasteiger partial charge in [0.2, 0.25) is 5.82 Å². The van der Waals surface area contributed by atoms with Crippen molar-refractivity contribution in [2.45, 2.75) is 13.5 Å². The first-order valence-corrected chi connectivity index (χ1v) is 7.83. The molecule has 3 aromatic rings. The van der Waals surface area contributed by atoms with E-state index in [0.29, 0.717) is 5.82 Å². The average Bonchev–Trinajstić information content (AvgIpc) is 3.09. The van der Waals surface area contributed by atoms with Gasteiger partial charge in [0.1, 0.15) is 0 Å². The summed E-state index contributed by atoms with van der Waals surface area (Å²) in [6.07, 6.45) is 0. The van der Waals surface area contributed by atoms with Crippen LogP contribution in [0.4, 0.5) is 5.69 Å². The van der Waals surface area contributed by atoms with E-state index in [1.807, 2.05) is 31.2 Å². The molecule has 0 bridgehead atoms. The first kappa shape index (κ1) is 17.6. The van der Waals surface area contributed by atoms with Crippen molar-refractivity contribution < 1.29 is 19.0 Å². The summed E-state index contributed by atoms with van der Waals surface area (Å²) in [5, 5.41) is 14.7. The van der Waals surface area contributed by atoms with Crippen molar-refractivity contribution in [1.29, 1.82) is 0 Å². The second-order valence-corrected chi connectivity index (χ2v) is 5.73. The highest BCUT2D eigenvalue weighted by Gasteiger charge is 2.18. The molecule has 0 amide bonds. The van der Waals surface area contributed by atoms with E-state index in [4.69, 9.17) is 20.9 Å². The number of carbonyl (C=O) groups is 1. The number of hydrogen-bond acceptors (Lipinski definition) is 7. The van der Waals surface area contributed by atoms with Crippen molar-refractivity contribution in [3.63, 3.8) is 0 Å². The molecule has 0 N–H and O–H groups in total. The number of nitrogens with zero attached hydrogens (tertiary/aromatic N) is 3. The highest BCUT2D eigenvalue weighted by Crippen LogP contribution is 2.24. The van der Waals surface area contributed by atoms with E-state index in [9.17, 15) is 14.9 Å². The number of ether oxygens (including phenoxy) is 1. The molecule has 0 fully saturated rings. The molecular weight excluding hydrogens is 362 g/mol. The van der Waals surface area contributed by atoms with Crippen LogP contribution in [-0.4, -0.2) is 21.0 Å². The Morgan fingerprint density at radius 3 is 2.81 bits per heavy atom. The highest BCUT2D eigenvalue weighted by molar-refractivity contribution is 6.33. The smallest absolute Gasteiger partial charge is 0.340 e. The van der Waals surface area contributed by atoms with Crippen molar-refractivity contribution in [1.82, 2.24) is 10.1 Å². The molecule has 1 heterocycles. The highest BCUT2D eigenvalue weighted by atomic mass is 35.5. The lowest BCUT2D eigenvalue weighted by Crippen LogP contribution is -2.07. The number of rotatable bonds is 5. The Kier molecular flexibility index (Phi) is 4.94. The molecule has 0 saturated carbocycles. The van der Waals surface area contributed by atoms with Crippen molar-refractivity contribution in [3.8, 4) is 11.4 Å². The summed E-state index contributed by atoms with van der Waals surface area (Å²) in [6.45, 7) is 1.63. The zero-order valence-corrected chi connectivity index (χ0v) is 14.3. The number of carbonyl (C=O) groups excluding carboxylic acids is 1. The summed E-state index contributed by atoms with van der Waals surface area (Å²) in [5.41, 5.74) is 1.40. The summed E-state index contributed by atoms with van der Waals surface area (Å²) >= 11 is 5.90. The van der Waals surface area contributed by atoms with Gasteiger partial charge in [0.25, 0.3) is 11.6 Å². The van der Waals surface area contributed by atoms with Gasteiger partial charge in [-0.2, -0.15) is 4.98 Å². The number of aromatic nitrogens is 2. The van der Waals surface area contributed by atoms with Crippen molar-refractivity contribution in [2.24, 2.45) is 0 Å². The molecule has 0 aliphatic carbocycles. The van der Waals surface area contributed by atoms with Gasteiger partial charge in [-0.1, -0.05) is 41.0 Å². The zero-order valence-electron chi connectivity index (χ0n) is 13.5. The van der Waals surface area contributed by atoms with E-state index in [0.717, 1.165) is 17.2 Å². The molecule has 3 rings (SSSR count). The van der Waals surface area contributed by atoms with E-state index in [-0.39, 0.29) is 28.8 Å². The number of nitro groups is 1. The van der Waals surface area contributed by atoms with E-state index >= 15 is 0 Å². The molecule has 1 aromatic heterocycles. The third-order valence-electron chi connectivity index (χ3n) is 3.56. The average molecular weight is 374 g/mol. The van der Waals surface area contributed by atoms with Crippen LogP contribution < -0.4 is 0 Å². The van der Waals surface area contributed by atoms with Gasteiger partial charge in [-0.25, -0.2) is 4.79 Å². The number of nitro benzene ring substituents is 1. The molecule has 0 spiro atoms. The fourth-order valence-electron chi connectivity index (χ4n) is 2.23. The normalized spacial score (nSPS) is 10.5. The fraction of sp³-hybridized carbons (Fsp3) is 0.118. The fourth-order valence-corrected chi connectivity index (χ4v) is 2.43. The Morgan fingerprint density at radius 2 is 2.08 bits per heavy atom. The molecule has 26 heavy (non-hydrogen) atoms. The van der Waals surface area contributed by atoms with Crippen LogP contribution in [-0.2, 0) is 11.3 Å². The van der Waals surface area contributed by atoms with Crippen LogP contribution in [0.3, 0.4) is 0 Å². The number of halogens is 1. The van der Waals surface area contributed by atoms with Crippen LogP contribution in [0.25, 0.3) is 11.4 Å². The predicted molar refractivity (Wildman–Crippen MR) is 91.7 cm³/mol. The molecule has 132 valence electrons. The monoisotopic (exact) mass is 373 g/mol. The third-order valence-corrected chi connectivity index (χ3v) is 3.89. The zero-order chi connectivity index (χ0) is 18.7. The Labute approximate surface area is 152 Å². The largest absolute Gasteiger partial charge is 0.452 e. The molecule has 0 aliphatic rings. The number of benzene rings is 2. The molecule has 0 radical (unpaired) electrons. The van der Waals surface area contributed by atoms with Gasteiger partial charge in [0.15, 0.2) is 6.61 Å². The quantitative estimate of drug-likeness (QED) is 0.378. The summed E-state index contributed by atoms with van der Waals surface area (Å²) in [6, 6.07) is 11.0. The number of aryl methyl sites for hydroxylation is 1. The summed E-state index contributed by atoms with van der Waals surface area (Å²) in [4.78, 5) is 26.5. The van der Waals surface area contributed by atoms with Crippen LogP contribution >= 0.6 is 11.6 Å². The molecular formula is C17H12ClN3O5. The van der Waals surface area contributed by atoms with Gasteiger partial charge in [0, 0.05) is 17.7 Å². The van der Waals surface area contributed by atoms with Gasteiger partial charge in [-0.05, 0) is 18.6 Å². The Bertz CT molecular complexity index is 986. The van der Waals surface area contributed by atoms with E-state index in [1.54, 1.807) is 0 Å². The van der Waals surface area contributed by atoms with E-state index < -0.39 is 10.9 Å². The first-order chi connectivity index (χ1) is 12.5. The van der Waals surface area contributed by atoms with Crippen LogP contribution in [0.5, 0.6) is 0 Å². The topological polar surface area (TPSA) is 108 Å². The van der Waals surface area contributed by atoms with Gasteiger partial charge in [0.05, 0.1) is 15.5 Å². The standard InChI is InChI=1S/C17H12ClN3O5/c1-10-4-2-3-5-12(10)16-19-15(26-20-16)9-25-17(22)13-8-11(21(23)24)6-7-14(13)18/h2-8H,9H2,1H3. The van der Waals surface area contributed by atoms with Gasteiger partial charge in [-0.15, -0.1) is 0 Å².